The van der Waals surface area contributed by atoms with E-state index in [1.807, 2.05) is 0 Å². The van der Waals surface area contributed by atoms with Crippen molar-refractivity contribution in [1.29, 1.82) is 0 Å². The van der Waals surface area contributed by atoms with Gasteiger partial charge in [0.1, 0.15) is 0 Å². The van der Waals surface area contributed by atoms with Gasteiger partial charge in [-0.05, 0) is 151 Å². The van der Waals surface area contributed by atoms with Crippen LogP contribution in [-0.4, -0.2) is 0 Å². The number of benzene rings is 10. The molecule has 0 radical (unpaired) electrons. The minimum absolute atomic E-state index is 0.0423. The highest BCUT2D eigenvalue weighted by atomic mass is 15.2. The van der Waals surface area contributed by atoms with Crippen molar-refractivity contribution in [2.24, 2.45) is 0 Å². The van der Waals surface area contributed by atoms with Crippen LogP contribution in [0.4, 0.5) is 34.1 Å². The minimum atomic E-state index is -0.0423. The van der Waals surface area contributed by atoms with Crippen LogP contribution in [0.3, 0.4) is 0 Å². The summed E-state index contributed by atoms with van der Waals surface area (Å²) >= 11 is 0. The predicted octanol–water partition coefficient (Wildman–Crippen LogP) is 17.7. The number of nitrogens with zero attached hydrogens (tertiary/aromatic N) is 2. The average Bonchev–Trinajstić information content (AvgIpc) is 3.37. The van der Waals surface area contributed by atoms with Crippen molar-refractivity contribution in [3.05, 3.63) is 254 Å². The van der Waals surface area contributed by atoms with Crippen molar-refractivity contribution in [3.63, 3.8) is 0 Å². The standard InChI is InChI=1S/C63H50N2/c1-63(2)42-41-59-61(65(56-36-27-51(28-37-56)47-19-11-5-12-20-47)57-38-29-52(30-39-57)48-21-13-6-14-22-48)40-31-53-43-58(44-60(63)62(53)59)64(54-32-23-49(24-33-54)45-15-7-3-8-16-45)55-34-25-50(26-35-55)46-17-9-4-10-18-46/h3-40,43-44H,41-42H2,1-2H3. The van der Waals surface area contributed by atoms with Gasteiger partial charge in [-0.1, -0.05) is 190 Å². The molecule has 1 aliphatic rings. The number of hydrogen-bond donors (Lipinski definition) is 0. The molecule has 0 aliphatic heterocycles. The summed E-state index contributed by atoms with van der Waals surface area (Å²) in [4.78, 5) is 4.91. The van der Waals surface area contributed by atoms with Crippen LogP contribution >= 0.6 is 0 Å². The lowest BCUT2D eigenvalue weighted by Crippen LogP contribution is -2.25. The Morgan fingerprint density at radius 1 is 0.323 bits per heavy atom. The van der Waals surface area contributed by atoms with Crippen LogP contribution in [0.2, 0.25) is 0 Å². The first-order chi connectivity index (χ1) is 32.0. The number of hydrogen-bond acceptors (Lipinski definition) is 2. The zero-order valence-electron chi connectivity index (χ0n) is 36.9. The van der Waals surface area contributed by atoms with E-state index in [-0.39, 0.29) is 5.41 Å². The van der Waals surface area contributed by atoms with Crippen molar-refractivity contribution in [3.8, 4) is 44.5 Å². The SMILES string of the molecule is CC1(C)CCc2c(N(c3ccc(-c4ccccc4)cc3)c3ccc(-c4ccccc4)cc3)ccc3cc(N(c4ccc(-c5ccccc5)cc4)c4ccc(-c5ccccc5)cc4)cc1c23. The molecule has 2 heteroatoms. The molecular formula is C63H50N2. The highest BCUT2D eigenvalue weighted by molar-refractivity contribution is 6.00. The van der Waals surface area contributed by atoms with E-state index in [2.05, 4.69) is 266 Å². The van der Waals surface area contributed by atoms with E-state index in [0.29, 0.717) is 0 Å². The van der Waals surface area contributed by atoms with Gasteiger partial charge in [0.05, 0.1) is 0 Å². The van der Waals surface area contributed by atoms with E-state index in [1.54, 1.807) is 0 Å². The summed E-state index contributed by atoms with van der Waals surface area (Å²) in [6.07, 6.45) is 2.03. The zero-order chi connectivity index (χ0) is 43.7. The maximum atomic E-state index is 2.48. The summed E-state index contributed by atoms with van der Waals surface area (Å²) < 4.78 is 0. The van der Waals surface area contributed by atoms with Crippen LogP contribution in [0.25, 0.3) is 55.3 Å². The second-order valence-corrected chi connectivity index (χ2v) is 17.9. The molecular weight excluding hydrogens is 785 g/mol. The van der Waals surface area contributed by atoms with Gasteiger partial charge in [0.25, 0.3) is 0 Å². The van der Waals surface area contributed by atoms with E-state index in [4.69, 9.17) is 0 Å². The second-order valence-electron chi connectivity index (χ2n) is 17.9. The molecule has 0 N–H and O–H groups in total. The van der Waals surface area contributed by atoms with Gasteiger partial charge in [-0.25, -0.2) is 0 Å². The largest absolute Gasteiger partial charge is 0.310 e. The molecule has 1 aliphatic carbocycles. The Balaban J connectivity index is 1.06. The van der Waals surface area contributed by atoms with Crippen molar-refractivity contribution >= 4 is 44.9 Å². The average molecular weight is 835 g/mol. The van der Waals surface area contributed by atoms with E-state index in [1.165, 1.54) is 72.1 Å². The first-order valence-electron chi connectivity index (χ1n) is 22.8. The topological polar surface area (TPSA) is 6.48 Å². The van der Waals surface area contributed by atoms with Gasteiger partial charge in [0, 0.05) is 34.1 Å². The summed E-state index contributed by atoms with van der Waals surface area (Å²) in [5.41, 5.74) is 19.3. The molecule has 0 fully saturated rings. The van der Waals surface area contributed by atoms with Crippen LogP contribution < -0.4 is 9.80 Å². The molecule has 0 saturated carbocycles. The molecule has 0 unspecified atom stereocenters. The van der Waals surface area contributed by atoms with E-state index in [0.717, 1.165) is 41.3 Å². The van der Waals surface area contributed by atoms with Crippen LogP contribution in [0, 0.1) is 0 Å². The maximum absolute atomic E-state index is 2.48. The molecule has 11 rings (SSSR count). The molecule has 0 atom stereocenters. The lowest BCUT2D eigenvalue weighted by atomic mass is 9.71. The minimum Gasteiger partial charge on any atom is -0.310 e. The van der Waals surface area contributed by atoms with E-state index < -0.39 is 0 Å². The third-order valence-corrected chi connectivity index (χ3v) is 13.3. The van der Waals surface area contributed by atoms with Gasteiger partial charge >= 0.3 is 0 Å². The van der Waals surface area contributed by atoms with E-state index >= 15 is 0 Å². The molecule has 0 heterocycles. The summed E-state index contributed by atoms with van der Waals surface area (Å²) in [5.74, 6) is 0. The van der Waals surface area contributed by atoms with Gasteiger partial charge in [-0.2, -0.15) is 0 Å². The molecule has 312 valence electrons. The Bertz CT molecular complexity index is 3050. The normalized spacial score (nSPS) is 12.8. The fourth-order valence-electron chi connectivity index (χ4n) is 9.82. The Labute approximate surface area is 383 Å². The number of anilines is 6. The van der Waals surface area contributed by atoms with Crippen LogP contribution in [0.5, 0.6) is 0 Å². The first kappa shape index (κ1) is 39.9. The summed E-state index contributed by atoms with van der Waals surface area (Å²) in [6, 6.07) is 88.5. The lowest BCUT2D eigenvalue weighted by Gasteiger charge is -2.37. The van der Waals surface area contributed by atoms with Crippen LogP contribution in [0.1, 0.15) is 31.4 Å². The third-order valence-electron chi connectivity index (χ3n) is 13.3. The van der Waals surface area contributed by atoms with Gasteiger partial charge in [0.15, 0.2) is 0 Å². The first-order valence-corrected chi connectivity index (χ1v) is 22.8. The maximum Gasteiger partial charge on any atom is 0.0500 e. The Hall–Kier alpha value is -7.94. The molecule has 0 amide bonds. The fraction of sp³-hybridized carbons (Fsp3) is 0.0794. The highest BCUT2D eigenvalue weighted by Gasteiger charge is 2.32. The Morgan fingerprint density at radius 2 is 0.662 bits per heavy atom. The molecule has 0 spiro atoms. The van der Waals surface area contributed by atoms with Crippen molar-refractivity contribution in [2.75, 3.05) is 9.80 Å². The Morgan fingerprint density at radius 3 is 1.03 bits per heavy atom. The number of rotatable bonds is 10. The molecule has 10 aromatic carbocycles. The fourth-order valence-corrected chi connectivity index (χ4v) is 9.82. The quantitative estimate of drug-likeness (QED) is 0.135. The van der Waals surface area contributed by atoms with Crippen molar-refractivity contribution < 1.29 is 0 Å². The van der Waals surface area contributed by atoms with Gasteiger partial charge in [0.2, 0.25) is 0 Å². The van der Waals surface area contributed by atoms with E-state index in [9.17, 15) is 0 Å². The van der Waals surface area contributed by atoms with Crippen LogP contribution in [-0.2, 0) is 11.8 Å². The number of aryl methyl sites for hydroxylation is 1. The summed E-state index contributed by atoms with van der Waals surface area (Å²) in [6.45, 7) is 4.86. The van der Waals surface area contributed by atoms with Crippen LogP contribution in [0.15, 0.2) is 243 Å². The lowest BCUT2D eigenvalue weighted by molar-refractivity contribution is 0.475. The third kappa shape index (κ3) is 7.79. The monoisotopic (exact) mass is 834 g/mol. The molecule has 2 nitrogen and oxygen atoms in total. The van der Waals surface area contributed by atoms with Gasteiger partial charge < -0.3 is 9.80 Å². The smallest absolute Gasteiger partial charge is 0.0500 e. The predicted molar refractivity (Wildman–Crippen MR) is 276 cm³/mol. The van der Waals surface area contributed by atoms with Gasteiger partial charge in [-0.3, -0.25) is 0 Å². The molecule has 0 aromatic heterocycles. The molecule has 0 saturated heterocycles. The second kappa shape index (κ2) is 17.0. The molecule has 10 aromatic rings. The summed E-state index contributed by atoms with van der Waals surface area (Å²) in [7, 11) is 0. The highest BCUT2D eigenvalue weighted by Crippen LogP contribution is 2.50. The molecule has 65 heavy (non-hydrogen) atoms. The van der Waals surface area contributed by atoms with Crippen molar-refractivity contribution in [2.45, 2.75) is 32.1 Å². The summed E-state index contributed by atoms with van der Waals surface area (Å²) in [5, 5.41) is 2.63. The van der Waals surface area contributed by atoms with Gasteiger partial charge in [-0.15, -0.1) is 0 Å². The zero-order valence-corrected chi connectivity index (χ0v) is 36.9. The molecule has 0 bridgehead atoms. The van der Waals surface area contributed by atoms with Crippen molar-refractivity contribution in [1.82, 2.24) is 0 Å². The Kier molecular flexibility index (Phi) is 10.4.